The number of hydrogen-bond donors (Lipinski definition) is 2. The van der Waals surface area contributed by atoms with Crippen LogP contribution in [-0.4, -0.2) is 51.0 Å². The lowest BCUT2D eigenvalue weighted by Crippen LogP contribution is -2.51. The number of ether oxygens (including phenoxy) is 2. The SMILES string of the molecule is CC(C)(C)OC(=O)N[C@@H](Cc1c[nH]c2ccc(Oc3ccc([N+](=O)[O-])cc3)cc12)C(=O)N1CCC[C@H]1C#N. The number of nitro groups is 1. The number of nitrogens with zero attached hydrogens (tertiary/aromatic N) is 3. The maximum atomic E-state index is 13.5. The summed E-state index contributed by atoms with van der Waals surface area (Å²) >= 11 is 0. The van der Waals surface area contributed by atoms with Gasteiger partial charge in [-0.1, -0.05) is 0 Å². The van der Waals surface area contributed by atoms with Crippen LogP contribution in [0.15, 0.2) is 48.7 Å². The van der Waals surface area contributed by atoms with Crippen LogP contribution >= 0.6 is 0 Å². The molecule has 11 nitrogen and oxygen atoms in total. The summed E-state index contributed by atoms with van der Waals surface area (Å²) in [6.45, 7) is 5.66. The Morgan fingerprint density at radius 3 is 2.61 bits per heavy atom. The predicted octanol–water partition coefficient (Wildman–Crippen LogP) is 4.82. The monoisotopic (exact) mass is 519 g/mol. The van der Waals surface area contributed by atoms with Gasteiger partial charge in [0.05, 0.1) is 11.0 Å². The molecule has 0 bridgehead atoms. The average Bonchev–Trinajstić information content (AvgIpc) is 3.49. The van der Waals surface area contributed by atoms with Gasteiger partial charge in [0.2, 0.25) is 5.91 Å². The molecule has 0 spiro atoms. The molecule has 0 unspecified atom stereocenters. The van der Waals surface area contributed by atoms with Crippen LogP contribution in [0, 0.1) is 21.4 Å². The molecular formula is C27H29N5O6. The number of hydrogen-bond acceptors (Lipinski definition) is 7. The van der Waals surface area contributed by atoms with E-state index in [2.05, 4.69) is 16.4 Å². The number of aromatic nitrogens is 1. The molecule has 3 aromatic rings. The normalized spacial score (nSPS) is 16.1. The molecule has 38 heavy (non-hydrogen) atoms. The van der Waals surface area contributed by atoms with Crippen molar-refractivity contribution in [2.45, 2.75) is 57.7 Å². The molecule has 2 heterocycles. The highest BCUT2D eigenvalue weighted by molar-refractivity contribution is 5.89. The Balaban J connectivity index is 1.59. The number of H-pyrrole nitrogens is 1. The molecule has 1 aliphatic rings. The third-order valence-corrected chi connectivity index (χ3v) is 6.12. The Hall–Kier alpha value is -4.59. The molecule has 0 radical (unpaired) electrons. The summed E-state index contributed by atoms with van der Waals surface area (Å²) in [6.07, 6.45) is 2.53. The van der Waals surface area contributed by atoms with E-state index in [9.17, 15) is 25.0 Å². The minimum Gasteiger partial charge on any atom is -0.457 e. The largest absolute Gasteiger partial charge is 0.457 e. The molecule has 1 saturated heterocycles. The second-order valence-corrected chi connectivity index (χ2v) is 10.1. The summed E-state index contributed by atoms with van der Waals surface area (Å²) in [7, 11) is 0. The fourth-order valence-corrected chi connectivity index (χ4v) is 4.40. The molecule has 0 saturated carbocycles. The smallest absolute Gasteiger partial charge is 0.408 e. The van der Waals surface area contributed by atoms with Crippen LogP contribution in [0.25, 0.3) is 10.9 Å². The van der Waals surface area contributed by atoms with Crippen LogP contribution in [0.5, 0.6) is 11.5 Å². The quantitative estimate of drug-likeness (QED) is 0.335. The second-order valence-electron chi connectivity index (χ2n) is 10.1. The molecule has 2 aromatic carbocycles. The third kappa shape index (κ3) is 6.21. The number of nitriles is 1. The molecule has 1 aromatic heterocycles. The molecule has 198 valence electrons. The lowest BCUT2D eigenvalue weighted by molar-refractivity contribution is -0.384. The summed E-state index contributed by atoms with van der Waals surface area (Å²) in [5.74, 6) is 0.593. The Morgan fingerprint density at radius 2 is 1.95 bits per heavy atom. The van der Waals surface area contributed by atoms with Crippen molar-refractivity contribution in [1.29, 1.82) is 5.26 Å². The van der Waals surface area contributed by atoms with Gasteiger partial charge in [-0.25, -0.2) is 4.79 Å². The van der Waals surface area contributed by atoms with Gasteiger partial charge >= 0.3 is 6.09 Å². The van der Waals surface area contributed by atoms with E-state index in [0.29, 0.717) is 24.5 Å². The first kappa shape index (κ1) is 26.5. The maximum absolute atomic E-state index is 13.5. The number of benzene rings is 2. The molecule has 0 aliphatic carbocycles. The van der Waals surface area contributed by atoms with E-state index in [1.54, 1.807) is 39.1 Å². The van der Waals surface area contributed by atoms with Crippen LogP contribution in [0.2, 0.25) is 0 Å². The minimum atomic E-state index is -0.947. The van der Waals surface area contributed by atoms with Gasteiger partial charge in [-0.2, -0.15) is 5.26 Å². The standard InChI is InChI=1S/C27H29N5O6/c1-27(2,3)38-26(34)30-24(25(33)31-12-4-5-19(31)15-28)13-17-16-29-23-11-10-21(14-22(17)23)37-20-8-6-18(7-9-20)32(35)36/h6-11,14,16,19,24,29H,4-5,12-13H2,1-3H3,(H,30,34)/t19-,24-/m0/s1. The van der Waals surface area contributed by atoms with E-state index in [1.807, 2.05) is 6.07 Å². The first-order chi connectivity index (χ1) is 18.0. The van der Waals surface area contributed by atoms with Crippen molar-refractivity contribution < 1.29 is 24.0 Å². The Morgan fingerprint density at radius 1 is 1.24 bits per heavy atom. The highest BCUT2D eigenvalue weighted by Gasteiger charge is 2.35. The molecule has 2 atom stereocenters. The van der Waals surface area contributed by atoms with Gasteiger partial charge in [0.15, 0.2) is 0 Å². The van der Waals surface area contributed by atoms with E-state index in [0.717, 1.165) is 22.9 Å². The zero-order valence-electron chi connectivity index (χ0n) is 21.4. The summed E-state index contributed by atoms with van der Waals surface area (Å²) in [5.41, 5.74) is 0.781. The van der Waals surface area contributed by atoms with Crippen LogP contribution in [-0.2, 0) is 16.0 Å². The summed E-state index contributed by atoms with van der Waals surface area (Å²) < 4.78 is 11.3. The van der Waals surface area contributed by atoms with Crippen molar-refractivity contribution in [2.24, 2.45) is 0 Å². The first-order valence-electron chi connectivity index (χ1n) is 12.3. The third-order valence-electron chi connectivity index (χ3n) is 6.12. The Labute approximate surface area is 219 Å². The number of fused-ring (bicyclic) bond motifs is 1. The number of carbonyl (C=O) groups excluding carboxylic acids is 2. The number of rotatable bonds is 7. The van der Waals surface area contributed by atoms with Gasteiger partial charge in [-0.15, -0.1) is 0 Å². The highest BCUT2D eigenvalue weighted by atomic mass is 16.6. The second kappa shape index (κ2) is 10.8. The van der Waals surface area contributed by atoms with Gasteiger partial charge in [-0.3, -0.25) is 14.9 Å². The van der Waals surface area contributed by atoms with Crippen LogP contribution in [0.3, 0.4) is 0 Å². The van der Waals surface area contributed by atoms with E-state index < -0.39 is 28.7 Å². The Kier molecular flexibility index (Phi) is 7.52. The van der Waals surface area contributed by atoms with E-state index >= 15 is 0 Å². The van der Waals surface area contributed by atoms with E-state index in [-0.39, 0.29) is 18.0 Å². The average molecular weight is 520 g/mol. The van der Waals surface area contributed by atoms with Crippen LogP contribution in [0.4, 0.5) is 10.5 Å². The Bertz CT molecular complexity index is 1390. The van der Waals surface area contributed by atoms with Crippen molar-refractivity contribution in [3.8, 4) is 17.6 Å². The summed E-state index contributed by atoms with van der Waals surface area (Å²) in [5, 5.41) is 23.9. The number of carbonyl (C=O) groups is 2. The number of nitrogens with one attached hydrogen (secondary N) is 2. The zero-order chi connectivity index (χ0) is 27.4. The number of non-ortho nitro benzene ring substituents is 1. The van der Waals surface area contributed by atoms with Crippen LogP contribution < -0.4 is 10.1 Å². The number of likely N-dealkylation sites (tertiary alicyclic amines) is 1. The van der Waals surface area contributed by atoms with Gasteiger partial charge in [0.25, 0.3) is 5.69 Å². The zero-order valence-corrected chi connectivity index (χ0v) is 21.4. The molecule has 1 aliphatic heterocycles. The van der Waals surface area contributed by atoms with Gasteiger partial charge < -0.3 is 24.7 Å². The van der Waals surface area contributed by atoms with Crippen molar-refractivity contribution in [3.05, 3.63) is 64.3 Å². The van der Waals surface area contributed by atoms with Gasteiger partial charge in [-0.05, 0) is 69.5 Å². The molecule has 2 N–H and O–H groups in total. The molecule has 1 fully saturated rings. The lowest BCUT2D eigenvalue weighted by Gasteiger charge is -2.27. The molecular weight excluding hydrogens is 490 g/mol. The van der Waals surface area contributed by atoms with Gasteiger partial charge in [0, 0.05) is 42.2 Å². The fraction of sp³-hybridized carbons (Fsp3) is 0.370. The minimum absolute atomic E-state index is 0.0365. The van der Waals surface area contributed by atoms with Crippen molar-refractivity contribution in [3.63, 3.8) is 0 Å². The predicted molar refractivity (Wildman–Crippen MR) is 139 cm³/mol. The van der Waals surface area contributed by atoms with Crippen molar-refractivity contribution >= 4 is 28.6 Å². The van der Waals surface area contributed by atoms with Crippen molar-refractivity contribution in [1.82, 2.24) is 15.2 Å². The van der Waals surface area contributed by atoms with Crippen LogP contribution in [0.1, 0.15) is 39.2 Å². The fourth-order valence-electron chi connectivity index (χ4n) is 4.40. The summed E-state index contributed by atoms with van der Waals surface area (Å²) in [6, 6.07) is 11.8. The van der Waals surface area contributed by atoms with Gasteiger partial charge in [0.1, 0.15) is 29.2 Å². The number of amides is 2. The maximum Gasteiger partial charge on any atom is 0.408 e. The lowest BCUT2D eigenvalue weighted by atomic mass is 10.0. The molecule has 11 heteroatoms. The first-order valence-corrected chi connectivity index (χ1v) is 12.3. The van der Waals surface area contributed by atoms with E-state index in [1.165, 1.54) is 29.2 Å². The molecule has 4 rings (SSSR count). The number of aromatic amines is 1. The number of nitro benzene ring substituents is 1. The van der Waals surface area contributed by atoms with Crippen molar-refractivity contribution in [2.75, 3.05) is 6.54 Å². The molecule has 2 amide bonds. The number of alkyl carbamates (subject to hydrolysis) is 1. The van der Waals surface area contributed by atoms with E-state index in [4.69, 9.17) is 9.47 Å². The highest BCUT2D eigenvalue weighted by Crippen LogP contribution is 2.29. The summed E-state index contributed by atoms with van der Waals surface area (Å²) in [4.78, 5) is 41.2. The topological polar surface area (TPSA) is 151 Å².